The second-order valence-corrected chi connectivity index (χ2v) is 7.47. The van der Waals surface area contributed by atoms with E-state index >= 15 is 0 Å². The zero-order valence-corrected chi connectivity index (χ0v) is 16.1. The highest BCUT2D eigenvalue weighted by Gasteiger charge is 2.35. The van der Waals surface area contributed by atoms with Gasteiger partial charge in [-0.2, -0.15) is 0 Å². The van der Waals surface area contributed by atoms with Gasteiger partial charge < -0.3 is 9.84 Å². The molecule has 0 aliphatic carbocycles. The molecule has 1 fully saturated rings. The number of phenols is 1. The number of nitrogens with zero attached hydrogens (tertiary/aromatic N) is 1. The summed E-state index contributed by atoms with van der Waals surface area (Å²) in [5.74, 6) is 0.367. The number of carbonyl (C=O) groups is 1. The number of carbonyl (C=O) groups excluding carboxylic acids is 1. The first-order valence-electron chi connectivity index (χ1n) is 8.29. The van der Waals surface area contributed by atoms with Crippen LogP contribution >= 0.6 is 24.0 Å². The Morgan fingerprint density at radius 2 is 2.00 bits per heavy atom. The molecule has 1 aliphatic heterocycles. The molecule has 1 N–H and O–H groups in total. The SMILES string of the molecule is CCOc1cc(/C=C2/SC(=S)N(C(C)c3ccccc3)C2=O)ccc1O. The van der Waals surface area contributed by atoms with Crippen molar-refractivity contribution in [3.63, 3.8) is 0 Å². The molecule has 0 radical (unpaired) electrons. The van der Waals surface area contributed by atoms with Crippen LogP contribution in [0, 0.1) is 0 Å². The van der Waals surface area contributed by atoms with Crippen LogP contribution < -0.4 is 4.74 Å². The zero-order valence-electron chi connectivity index (χ0n) is 14.5. The third-order valence-corrected chi connectivity index (χ3v) is 5.40. The van der Waals surface area contributed by atoms with Crippen molar-refractivity contribution in [3.05, 3.63) is 64.6 Å². The smallest absolute Gasteiger partial charge is 0.266 e. The summed E-state index contributed by atoms with van der Waals surface area (Å²) in [5, 5.41) is 9.82. The van der Waals surface area contributed by atoms with Crippen LogP contribution in [0.25, 0.3) is 6.08 Å². The van der Waals surface area contributed by atoms with Gasteiger partial charge in [0, 0.05) is 0 Å². The van der Waals surface area contributed by atoms with Crippen LogP contribution in [0.5, 0.6) is 11.5 Å². The molecule has 0 spiro atoms. The van der Waals surface area contributed by atoms with Gasteiger partial charge in [-0.05, 0) is 43.2 Å². The maximum atomic E-state index is 12.9. The summed E-state index contributed by atoms with van der Waals surface area (Å²) in [6.45, 7) is 4.27. The fraction of sp³-hybridized carbons (Fsp3) is 0.200. The Balaban J connectivity index is 1.87. The van der Waals surface area contributed by atoms with Crippen LogP contribution in [0.1, 0.15) is 31.0 Å². The average Bonchev–Trinajstić information content (AvgIpc) is 2.92. The van der Waals surface area contributed by atoms with Gasteiger partial charge in [0.2, 0.25) is 0 Å². The van der Waals surface area contributed by atoms with Crippen LogP contribution in [0.3, 0.4) is 0 Å². The predicted molar refractivity (Wildman–Crippen MR) is 109 cm³/mol. The van der Waals surface area contributed by atoms with E-state index in [0.29, 0.717) is 21.6 Å². The second-order valence-electron chi connectivity index (χ2n) is 5.80. The molecule has 1 aliphatic rings. The van der Waals surface area contributed by atoms with E-state index in [1.165, 1.54) is 11.8 Å². The molecule has 3 rings (SSSR count). The Bertz CT molecular complexity index is 865. The molecule has 0 aromatic heterocycles. The Hall–Kier alpha value is -2.31. The first-order valence-corrected chi connectivity index (χ1v) is 9.51. The molecule has 1 heterocycles. The van der Waals surface area contributed by atoms with Gasteiger partial charge in [0.25, 0.3) is 5.91 Å². The monoisotopic (exact) mass is 385 g/mol. The topological polar surface area (TPSA) is 49.8 Å². The first kappa shape index (κ1) is 18.5. The lowest BCUT2D eigenvalue weighted by molar-refractivity contribution is -0.123. The number of benzene rings is 2. The van der Waals surface area contributed by atoms with E-state index in [1.54, 1.807) is 29.2 Å². The van der Waals surface area contributed by atoms with E-state index in [9.17, 15) is 9.90 Å². The van der Waals surface area contributed by atoms with Crippen molar-refractivity contribution >= 4 is 40.3 Å². The molecule has 1 unspecified atom stereocenters. The van der Waals surface area contributed by atoms with Gasteiger partial charge >= 0.3 is 0 Å². The largest absolute Gasteiger partial charge is 0.504 e. The summed E-state index contributed by atoms with van der Waals surface area (Å²) in [6.07, 6.45) is 1.78. The number of ether oxygens (including phenoxy) is 1. The predicted octanol–water partition coefficient (Wildman–Crippen LogP) is 4.75. The van der Waals surface area contributed by atoms with Gasteiger partial charge in [-0.1, -0.05) is 60.4 Å². The molecule has 1 amide bonds. The number of hydrogen-bond donors (Lipinski definition) is 1. The third-order valence-electron chi connectivity index (χ3n) is 4.07. The van der Waals surface area contributed by atoms with Crippen molar-refractivity contribution in [2.24, 2.45) is 0 Å². The van der Waals surface area contributed by atoms with Gasteiger partial charge in [-0.3, -0.25) is 9.69 Å². The van der Waals surface area contributed by atoms with Gasteiger partial charge in [0.05, 0.1) is 17.6 Å². The number of amides is 1. The fourth-order valence-corrected chi connectivity index (χ4v) is 4.16. The van der Waals surface area contributed by atoms with Crippen molar-refractivity contribution < 1.29 is 14.6 Å². The highest BCUT2D eigenvalue weighted by atomic mass is 32.2. The van der Waals surface area contributed by atoms with Crippen molar-refractivity contribution in [3.8, 4) is 11.5 Å². The molecule has 1 atom stereocenters. The van der Waals surface area contributed by atoms with Gasteiger partial charge in [0.15, 0.2) is 11.5 Å². The average molecular weight is 386 g/mol. The molecule has 6 heteroatoms. The molecular weight excluding hydrogens is 366 g/mol. The maximum absolute atomic E-state index is 12.9. The molecule has 4 nitrogen and oxygen atoms in total. The fourth-order valence-electron chi connectivity index (χ4n) is 2.74. The minimum absolute atomic E-state index is 0.0780. The quantitative estimate of drug-likeness (QED) is 0.594. The number of phenolic OH excluding ortho intramolecular Hbond substituents is 1. The summed E-state index contributed by atoms with van der Waals surface area (Å²) in [5.41, 5.74) is 1.81. The Morgan fingerprint density at radius 3 is 2.69 bits per heavy atom. The summed E-state index contributed by atoms with van der Waals surface area (Å²) in [4.78, 5) is 15.1. The molecule has 2 aromatic carbocycles. The molecule has 26 heavy (non-hydrogen) atoms. The standard InChI is InChI=1S/C20H19NO3S2/c1-3-24-17-11-14(9-10-16(17)22)12-18-19(23)21(20(25)26-18)13(2)15-7-5-4-6-8-15/h4-13,22H,3H2,1-2H3/b18-12+. The Labute approximate surface area is 162 Å². The van der Waals surface area contributed by atoms with Crippen LogP contribution in [0.2, 0.25) is 0 Å². The number of rotatable bonds is 5. The summed E-state index contributed by atoms with van der Waals surface area (Å²) in [7, 11) is 0. The molecule has 0 saturated carbocycles. The van der Waals surface area contributed by atoms with Crippen LogP contribution in [0.4, 0.5) is 0 Å². The molecule has 0 bridgehead atoms. The minimum Gasteiger partial charge on any atom is -0.504 e. The van der Waals surface area contributed by atoms with Crippen molar-refractivity contribution in [2.45, 2.75) is 19.9 Å². The van der Waals surface area contributed by atoms with E-state index in [2.05, 4.69) is 0 Å². The van der Waals surface area contributed by atoms with E-state index in [-0.39, 0.29) is 17.7 Å². The maximum Gasteiger partial charge on any atom is 0.266 e. The summed E-state index contributed by atoms with van der Waals surface area (Å²) in [6, 6.07) is 14.7. The normalized spacial score (nSPS) is 17.0. The lowest BCUT2D eigenvalue weighted by Crippen LogP contribution is -2.30. The zero-order chi connectivity index (χ0) is 18.7. The lowest BCUT2D eigenvalue weighted by Gasteiger charge is -2.23. The van der Waals surface area contributed by atoms with Crippen LogP contribution in [0.15, 0.2) is 53.4 Å². The van der Waals surface area contributed by atoms with E-state index in [0.717, 1.165) is 11.1 Å². The van der Waals surface area contributed by atoms with Gasteiger partial charge in [0.1, 0.15) is 4.32 Å². The second kappa shape index (κ2) is 7.93. The molecule has 2 aromatic rings. The molecular formula is C20H19NO3S2. The van der Waals surface area contributed by atoms with Crippen LogP contribution in [-0.2, 0) is 4.79 Å². The van der Waals surface area contributed by atoms with Crippen molar-refractivity contribution in [1.29, 1.82) is 0 Å². The number of thioether (sulfide) groups is 1. The Morgan fingerprint density at radius 1 is 1.27 bits per heavy atom. The molecule has 1 saturated heterocycles. The van der Waals surface area contributed by atoms with Crippen molar-refractivity contribution in [1.82, 2.24) is 4.90 Å². The van der Waals surface area contributed by atoms with Crippen LogP contribution in [-0.4, -0.2) is 26.8 Å². The lowest BCUT2D eigenvalue weighted by atomic mass is 10.1. The highest BCUT2D eigenvalue weighted by molar-refractivity contribution is 8.26. The number of aromatic hydroxyl groups is 1. The number of hydrogen-bond acceptors (Lipinski definition) is 5. The van der Waals surface area contributed by atoms with E-state index < -0.39 is 0 Å². The number of thiocarbonyl (C=S) groups is 1. The first-order chi connectivity index (χ1) is 12.5. The third kappa shape index (κ3) is 3.76. The van der Waals surface area contributed by atoms with Crippen molar-refractivity contribution in [2.75, 3.05) is 6.61 Å². The van der Waals surface area contributed by atoms with E-state index in [4.69, 9.17) is 17.0 Å². The minimum atomic E-state index is -0.131. The van der Waals surface area contributed by atoms with E-state index in [1.807, 2.05) is 44.2 Å². The highest BCUT2D eigenvalue weighted by Crippen LogP contribution is 2.38. The molecule has 134 valence electrons. The van der Waals surface area contributed by atoms with Gasteiger partial charge in [-0.15, -0.1) is 0 Å². The van der Waals surface area contributed by atoms with Gasteiger partial charge in [-0.25, -0.2) is 0 Å². The Kier molecular flexibility index (Phi) is 5.64. The summed E-state index contributed by atoms with van der Waals surface area (Å²) >= 11 is 6.73. The summed E-state index contributed by atoms with van der Waals surface area (Å²) < 4.78 is 5.94.